The second-order valence-electron chi connectivity index (χ2n) is 6.32. The van der Waals surface area contributed by atoms with Crippen molar-refractivity contribution in [3.63, 3.8) is 0 Å². The summed E-state index contributed by atoms with van der Waals surface area (Å²) in [5, 5.41) is 0. The molecular formula is C19H27NO2S. The number of allylic oxidation sites excluding steroid dienone is 1. The molecule has 1 unspecified atom stereocenters. The summed E-state index contributed by atoms with van der Waals surface area (Å²) in [5.41, 5.74) is 3.46. The topological polar surface area (TPSA) is 37.4 Å². The molecule has 1 aromatic carbocycles. The quantitative estimate of drug-likeness (QED) is 0.691. The molecule has 0 saturated carbocycles. The van der Waals surface area contributed by atoms with Gasteiger partial charge in [-0.1, -0.05) is 49.1 Å². The molecule has 1 heterocycles. The minimum atomic E-state index is -3.46. The molecule has 0 fully saturated rings. The molecule has 1 atom stereocenters. The van der Waals surface area contributed by atoms with Crippen LogP contribution in [-0.4, -0.2) is 25.3 Å². The van der Waals surface area contributed by atoms with Crippen LogP contribution in [0.5, 0.6) is 0 Å². The Kier molecular flexibility index (Phi) is 5.82. The van der Waals surface area contributed by atoms with Crippen LogP contribution >= 0.6 is 0 Å². The normalized spacial score (nSPS) is 19.3. The molecule has 1 aromatic rings. The van der Waals surface area contributed by atoms with Crippen LogP contribution in [0.2, 0.25) is 0 Å². The van der Waals surface area contributed by atoms with Crippen molar-refractivity contribution < 1.29 is 8.42 Å². The zero-order valence-corrected chi connectivity index (χ0v) is 15.2. The monoisotopic (exact) mass is 333 g/mol. The zero-order chi connectivity index (χ0) is 17.0. The SMILES string of the molecule is C=CCC1=C(C)CN(S(=O)(=O)c2ccc(C)cc2)C1CCCC. The van der Waals surface area contributed by atoms with Gasteiger partial charge >= 0.3 is 0 Å². The third-order valence-corrected chi connectivity index (χ3v) is 6.38. The molecule has 0 aliphatic carbocycles. The molecule has 0 spiro atoms. The summed E-state index contributed by atoms with van der Waals surface area (Å²) >= 11 is 0. The van der Waals surface area contributed by atoms with Crippen LogP contribution in [0, 0.1) is 6.92 Å². The van der Waals surface area contributed by atoms with Crippen molar-refractivity contribution in [1.82, 2.24) is 4.31 Å². The van der Waals surface area contributed by atoms with E-state index >= 15 is 0 Å². The Balaban J connectivity index is 2.36. The number of nitrogens with zero attached hydrogens (tertiary/aromatic N) is 1. The minimum absolute atomic E-state index is 0.0285. The number of unbranched alkanes of at least 4 members (excludes halogenated alkanes) is 1. The third-order valence-electron chi connectivity index (χ3n) is 4.51. The predicted molar refractivity (Wildman–Crippen MR) is 95.9 cm³/mol. The minimum Gasteiger partial charge on any atom is -0.207 e. The van der Waals surface area contributed by atoms with Crippen molar-refractivity contribution in [1.29, 1.82) is 0 Å². The second-order valence-corrected chi connectivity index (χ2v) is 8.21. The number of benzene rings is 1. The van der Waals surface area contributed by atoms with E-state index in [4.69, 9.17) is 0 Å². The lowest BCUT2D eigenvalue weighted by Gasteiger charge is -2.26. The lowest BCUT2D eigenvalue weighted by atomic mass is 9.98. The average Bonchev–Trinajstić information content (AvgIpc) is 2.83. The molecule has 1 aliphatic heterocycles. The first-order chi connectivity index (χ1) is 10.9. The van der Waals surface area contributed by atoms with Crippen molar-refractivity contribution in [2.75, 3.05) is 6.54 Å². The Morgan fingerprint density at radius 1 is 1.26 bits per heavy atom. The molecule has 1 aliphatic rings. The third kappa shape index (κ3) is 3.75. The second kappa shape index (κ2) is 7.45. The van der Waals surface area contributed by atoms with Crippen LogP contribution in [0.25, 0.3) is 0 Å². The van der Waals surface area contributed by atoms with Crippen molar-refractivity contribution >= 4 is 10.0 Å². The zero-order valence-electron chi connectivity index (χ0n) is 14.4. The Labute approximate surface area is 140 Å². The number of rotatable bonds is 7. The first-order valence-corrected chi connectivity index (χ1v) is 9.73. The predicted octanol–water partition coefficient (Wildman–Crippen LogP) is 4.45. The van der Waals surface area contributed by atoms with E-state index in [1.165, 1.54) is 11.1 Å². The number of aryl methyl sites for hydroxylation is 1. The highest BCUT2D eigenvalue weighted by molar-refractivity contribution is 7.89. The van der Waals surface area contributed by atoms with E-state index in [1.807, 2.05) is 32.1 Å². The van der Waals surface area contributed by atoms with Gasteiger partial charge in [0.15, 0.2) is 0 Å². The fourth-order valence-corrected chi connectivity index (χ4v) is 4.87. The summed E-state index contributed by atoms with van der Waals surface area (Å²) in [5.74, 6) is 0. The Morgan fingerprint density at radius 3 is 2.48 bits per heavy atom. The van der Waals surface area contributed by atoms with Crippen molar-refractivity contribution in [2.24, 2.45) is 0 Å². The van der Waals surface area contributed by atoms with Crippen LogP contribution in [0.1, 0.15) is 45.1 Å². The average molecular weight is 333 g/mol. The molecule has 3 nitrogen and oxygen atoms in total. The maximum atomic E-state index is 13.1. The Hall–Kier alpha value is -1.39. The van der Waals surface area contributed by atoms with Gasteiger partial charge in [0.25, 0.3) is 0 Å². The van der Waals surface area contributed by atoms with Crippen LogP contribution in [0.3, 0.4) is 0 Å². The van der Waals surface area contributed by atoms with Gasteiger partial charge in [-0.05, 0) is 44.4 Å². The van der Waals surface area contributed by atoms with E-state index in [2.05, 4.69) is 13.5 Å². The highest BCUT2D eigenvalue weighted by atomic mass is 32.2. The molecule has 0 amide bonds. The summed E-state index contributed by atoms with van der Waals surface area (Å²) in [6.45, 7) is 10.5. The molecule has 126 valence electrons. The van der Waals surface area contributed by atoms with Gasteiger partial charge in [0, 0.05) is 12.6 Å². The van der Waals surface area contributed by atoms with E-state index in [0.29, 0.717) is 11.4 Å². The van der Waals surface area contributed by atoms with Gasteiger partial charge in [0.1, 0.15) is 0 Å². The van der Waals surface area contributed by atoms with Gasteiger partial charge in [0.2, 0.25) is 10.0 Å². The highest BCUT2D eigenvalue weighted by Crippen LogP contribution is 2.35. The van der Waals surface area contributed by atoms with E-state index < -0.39 is 10.0 Å². The largest absolute Gasteiger partial charge is 0.243 e. The van der Waals surface area contributed by atoms with Gasteiger partial charge in [-0.15, -0.1) is 6.58 Å². The fraction of sp³-hybridized carbons (Fsp3) is 0.474. The number of hydrogen-bond donors (Lipinski definition) is 0. The standard InChI is InChI=1S/C19H27NO2S/c1-5-7-9-19-18(8-6-2)16(4)14-20(19)23(21,22)17-12-10-15(3)11-13-17/h6,10-13,19H,2,5,7-9,14H2,1,3-4H3. The maximum absolute atomic E-state index is 13.1. The van der Waals surface area contributed by atoms with Gasteiger partial charge < -0.3 is 0 Å². The molecule has 4 heteroatoms. The van der Waals surface area contributed by atoms with E-state index in [-0.39, 0.29) is 6.04 Å². The Morgan fingerprint density at radius 2 is 1.91 bits per heavy atom. The summed E-state index contributed by atoms with van der Waals surface area (Å²) < 4.78 is 27.9. The first-order valence-electron chi connectivity index (χ1n) is 8.29. The van der Waals surface area contributed by atoms with Crippen LogP contribution in [0.15, 0.2) is 53.0 Å². The van der Waals surface area contributed by atoms with Gasteiger partial charge in [-0.25, -0.2) is 8.42 Å². The lowest BCUT2D eigenvalue weighted by molar-refractivity contribution is 0.374. The maximum Gasteiger partial charge on any atom is 0.243 e. The highest BCUT2D eigenvalue weighted by Gasteiger charge is 2.38. The molecule has 23 heavy (non-hydrogen) atoms. The molecule has 2 rings (SSSR count). The van der Waals surface area contributed by atoms with Crippen molar-refractivity contribution in [2.45, 2.75) is 57.4 Å². The van der Waals surface area contributed by atoms with Crippen LogP contribution < -0.4 is 0 Å². The first kappa shape index (κ1) is 18.0. The van der Waals surface area contributed by atoms with Crippen molar-refractivity contribution in [3.05, 3.63) is 53.6 Å². The summed E-state index contributed by atoms with van der Waals surface area (Å²) in [6, 6.07) is 7.11. The van der Waals surface area contributed by atoms with E-state index in [0.717, 1.165) is 31.2 Å². The molecular weight excluding hydrogens is 306 g/mol. The molecule has 0 radical (unpaired) electrons. The van der Waals surface area contributed by atoms with Crippen LogP contribution in [-0.2, 0) is 10.0 Å². The molecule has 0 N–H and O–H groups in total. The van der Waals surface area contributed by atoms with Gasteiger partial charge in [-0.2, -0.15) is 4.31 Å². The summed E-state index contributed by atoms with van der Waals surface area (Å²) in [7, 11) is -3.46. The van der Waals surface area contributed by atoms with Crippen molar-refractivity contribution in [3.8, 4) is 0 Å². The number of hydrogen-bond acceptors (Lipinski definition) is 2. The van der Waals surface area contributed by atoms with E-state index in [1.54, 1.807) is 16.4 Å². The fourth-order valence-electron chi connectivity index (χ4n) is 3.18. The molecule has 0 bridgehead atoms. The lowest BCUT2D eigenvalue weighted by Crippen LogP contribution is -2.37. The number of sulfonamides is 1. The van der Waals surface area contributed by atoms with Gasteiger partial charge in [0.05, 0.1) is 4.90 Å². The summed E-state index contributed by atoms with van der Waals surface area (Å²) in [6.07, 6.45) is 5.61. The summed E-state index contributed by atoms with van der Waals surface area (Å²) in [4.78, 5) is 0.386. The van der Waals surface area contributed by atoms with Gasteiger partial charge in [-0.3, -0.25) is 0 Å². The van der Waals surface area contributed by atoms with E-state index in [9.17, 15) is 8.42 Å². The smallest absolute Gasteiger partial charge is 0.207 e. The molecule has 0 aromatic heterocycles. The molecule has 0 saturated heterocycles. The Bertz CT molecular complexity index is 687. The van der Waals surface area contributed by atoms with Crippen LogP contribution in [0.4, 0.5) is 0 Å².